The minimum absolute atomic E-state index is 0.131. The molecule has 3 rings (SSSR count). The van der Waals surface area contributed by atoms with Crippen LogP contribution in [0.5, 0.6) is 0 Å². The molecule has 3 aromatic carbocycles. The summed E-state index contributed by atoms with van der Waals surface area (Å²) in [7, 11) is 0. The van der Waals surface area contributed by atoms with Gasteiger partial charge in [0, 0.05) is 5.41 Å². The van der Waals surface area contributed by atoms with Gasteiger partial charge in [-0.25, -0.2) is 51.0 Å². The first kappa shape index (κ1) is 35.2. The molecule has 0 saturated carbocycles. The summed E-state index contributed by atoms with van der Waals surface area (Å²) >= 11 is 0. The van der Waals surface area contributed by atoms with Crippen LogP contribution in [0.1, 0.15) is 29.2 Å². The van der Waals surface area contributed by atoms with E-state index in [-0.39, 0.29) is 5.41 Å². The van der Waals surface area contributed by atoms with E-state index in [0.717, 1.165) is 30.4 Å². The van der Waals surface area contributed by atoms with E-state index in [1.54, 1.807) is 0 Å². The molecule has 0 spiro atoms. The predicted molar refractivity (Wildman–Crippen MR) is 132 cm³/mol. The largest absolute Gasteiger partial charge is 0.231 e. The molecular weight excluding hydrogens is 462 g/mol. The summed E-state index contributed by atoms with van der Waals surface area (Å²) < 4.78 is 0. The van der Waals surface area contributed by atoms with Gasteiger partial charge in [-0.15, -0.1) is 0 Å². The molecule has 3 aromatic rings. The van der Waals surface area contributed by atoms with Gasteiger partial charge in [-0.1, -0.05) is 84.9 Å². The molecule has 10 heteroatoms. The van der Waals surface area contributed by atoms with Crippen molar-refractivity contribution < 1.29 is 24.0 Å². The number of isocyanates is 5. The molecule has 36 heavy (non-hydrogen) atoms. The smallest absolute Gasteiger partial charge is 0.222 e. The summed E-state index contributed by atoms with van der Waals surface area (Å²) in [6, 6.07) is 30.2. The Labute approximate surface area is 208 Å². The fourth-order valence-electron chi connectivity index (χ4n) is 3.15. The van der Waals surface area contributed by atoms with Crippen molar-refractivity contribution in [3.63, 3.8) is 0 Å². The first-order valence-corrected chi connectivity index (χ1v) is 9.67. The van der Waals surface area contributed by atoms with Crippen LogP contribution in [0, 0.1) is 34.0 Å². The van der Waals surface area contributed by atoms with Gasteiger partial charge in [0.1, 0.15) is 0 Å². The van der Waals surface area contributed by atoms with E-state index in [1.165, 1.54) is 22.3 Å². The second-order valence-corrected chi connectivity index (χ2v) is 6.18. The van der Waals surface area contributed by atoms with Gasteiger partial charge in [-0.2, -0.15) is 0 Å². The molecule has 0 aliphatic rings. The second kappa shape index (κ2) is 24.2. The highest BCUT2D eigenvalue weighted by molar-refractivity contribution is 5.51. The van der Waals surface area contributed by atoms with E-state index in [9.17, 15) is 0 Å². The van der Waals surface area contributed by atoms with Gasteiger partial charge < -0.3 is 0 Å². The Hall–Kier alpha value is -5.44. The molecule has 0 atom stereocenters. The van der Waals surface area contributed by atoms with Gasteiger partial charge in [0.2, 0.25) is 30.4 Å². The maximum absolute atomic E-state index is 8.35. The number of rotatable bonds is 3. The normalized spacial score (nSPS) is 7.72. The summed E-state index contributed by atoms with van der Waals surface area (Å²) in [6.45, 7) is 4.51. The quantitative estimate of drug-likeness (QED) is 0.199. The van der Waals surface area contributed by atoms with Crippen LogP contribution in [0.2, 0.25) is 0 Å². The Kier molecular flexibility index (Phi) is 23.6. The van der Waals surface area contributed by atoms with Crippen molar-refractivity contribution >= 4 is 30.4 Å². The van der Waals surface area contributed by atoms with Crippen molar-refractivity contribution in [2.24, 2.45) is 0 Å². The van der Waals surface area contributed by atoms with Crippen LogP contribution < -0.4 is 0 Å². The van der Waals surface area contributed by atoms with E-state index in [0.29, 0.717) is 0 Å². The maximum Gasteiger partial charge on any atom is 0.231 e. The minimum atomic E-state index is -0.131. The highest BCUT2D eigenvalue weighted by atomic mass is 16.1. The predicted octanol–water partition coefficient (Wildman–Crippen LogP) is 4.85. The van der Waals surface area contributed by atoms with Gasteiger partial charge in [0.15, 0.2) is 0 Å². The van der Waals surface area contributed by atoms with Crippen molar-refractivity contribution in [2.45, 2.75) is 19.3 Å². The third-order valence-electron chi connectivity index (χ3n) is 4.39. The summed E-state index contributed by atoms with van der Waals surface area (Å²) in [5.74, 6) is 0. The van der Waals surface area contributed by atoms with Crippen LogP contribution in [-0.4, -0.2) is 30.4 Å². The third kappa shape index (κ3) is 13.9. The van der Waals surface area contributed by atoms with E-state index in [2.05, 4.69) is 98.8 Å². The Morgan fingerprint density at radius 3 is 1.03 bits per heavy atom. The summed E-state index contributed by atoms with van der Waals surface area (Å²) in [6.07, 6.45) is 3.75. The zero-order valence-corrected chi connectivity index (χ0v) is 19.6. The van der Waals surface area contributed by atoms with Crippen LogP contribution in [0.3, 0.4) is 0 Å². The van der Waals surface area contributed by atoms with Crippen LogP contribution in [0.15, 0.2) is 84.9 Å². The molecule has 0 unspecified atom stereocenters. The summed E-state index contributed by atoms with van der Waals surface area (Å²) in [5.41, 5.74) is 5.21. The topological polar surface area (TPSA) is 205 Å². The Balaban J connectivity index is -0.000000606. The van der Waals surface area contributed by atoms with Crippen molar-refractivity contribution in [2.75, 3.05) is 0 Å². The lowest BCUT2D eigenvalue weighted by molar-refractivity contribution is 0.562. The molecule has 184 valence electrons. The van der Waals surface area contributed by atoms with E-state index < -0.39 is 0 Å². The van der Waals surface area contributed by atoms with Gasteiger partial charge in [0.25, 0.3) is 0 Å². The average Bonchev–Trinajstić information content (AvgIpc) is 2.87. The Bertz CT molecular complexity index is 1060. The van der Waals surface area contributed by atoms with Gasteiger partial charge in [0.05, 0.1) is 0 Å². The molecule has 0 amide bonds. The lowest BCUT2D eigenvalue weighted by Gasteiger charge is -2.33. The van der Waals surface area contributed by atoms with Crippen molar-refractivity contribution in [3.8, 4) is 0 Å². The van der Waals surface area contributed by atoms with Crippen LogP contribution >= 0.6 is 0 Å². The zero-order chi connectivity index (χ0) is 28.2. The minimum Gasteiger partial charge on any atom is -0.222 e. The Morgan fingerprint density at radius 1 is 0.500 bits per heavy atom. The lowest BCUT2D eigenvalue weighted by Crippen LogP contribution is -2.26. The third-order valence-corrected chi connectivity index (χ3v) is 4.39. The number of benzene rings is 3. The van der Waals surface area contributed by atoms with Gasteiger partial charge in [-0.3, -0.25) is 0 Å². The molecule has 5 N–H and O–H groups in total. The molecule has 0 aromatic heterocycles. The molecule has 0 bridgehead atoms. The molecule has 0 radical (unpaired) electrons. The number of hydrogen-bond acceptors (Lipinski definition) is 10. The number of hydrogen-bond donors (Lipinski definition) is 5. The first-order chi connectivity index (χ1) is 17.3. The molecule has 0 heterocycles. The van der Waals surface area contributed by atoms with E-state index in [1.807, 2.05) is 0 Å². The van der Waals surface area contributed by atoms with Crippen LogP contribution in [0.25, 0.3) is 0 Å². The number of carbonyl (C=O) groups excluding carboxylic acids is 5. The molecule has 10 nitrogen and oxygen atoms in total. The van der Waals surface area contributed by atoms with E-state index >= 15 is 0 Å². The number of nitrogens with one attached hydrogen (secondary N) is 5. The lowest BCUT2D eigenvalue weighted by atomic mass is 9.70. The maximum atomic E-state index is 8.35. The van der Waals surface area contributed by atoms with Crippen molar-refractivity contribution in [1.29, 1.82) is 27.0 Å². The zero-order valence-electron chi connectivity index (χ0n) is 19.6. The molecule has 0 fully saturated rings. The molecule has 0 aliphatic heterocycles. The van der Waals surface area contributed by atoms with Crippen LogP contribution in [0.4, 0.5) is 0 Å². The second-order valence-electron chi connectivity index (χ2n) is 6.18. The van der Waals surface area contributed by atoms with E-state index in [4.69, 9.17) is 51.0 Å². The average molecular weight is 488 g/mol. The Morgan fingerprint density at radius 2 is 0.750 bits per heavy atom. The highest BCUT2D eigenvalue weighted by Gasteiger charge is 2.31. The fraction of sp³-hybridized carbons (Fsp3) is 0.115. The van der Waals surface area contributed by atoms with Crippen molar-refractivity contribution in [3.05, 3.63) is 107 Å². The standard InChI is InChI=1S/C21H20.5CHNO/c1-17-11-9-10-16-20(17)21(2,18-12-5-3-6-13-18)19-14-7-4-8-15-19;5*2-1-3/h3-16H,1-2H3;5*2H. The number of aryl methyl sites for hydroxylation is 1. The monoisotopic (exact) mass is 487 g/mol. The van der Waals surface area contributed by atoms with Gasteiger partial charge >= 0.3 is 0 Å². The summed E-state index contributed by atoms with van der Waals surface area (Å²) in [5, 5.41) is 27.0. The molecule has 0 aliphatic carbocycles. The van der Waals surface area contributed by atoms with Crippen molar-refractivity contribution in [1.82, 2.24) is 0 Å². The first-order valence-electron chi connectivity index (χ1n) is 9.67. The molecule has 0 saturated heterocycles. The van der Waals surface area contributed by atoms with Gasteiger partial charge in [-0.05, 0) is 36.1 Å². The fourth-order valence-corrected chi connectivity index (χ4v) is 3.15. The highest BCUT2D eigenvalue weighted by Crippen LogP contribution is 2.39. The molecular formula is C26H25N5O5. The SMILES string of the molecule is Cc1ccccc1C(C)(c1ccccc1)c1ccccc1.N=C=O.N=C=O.N=C=O.N=C=O.N=C=O. The van der Waals surface area contributed by atoms with Crippen LogP contribution in [-0.2, 0) is 29.4 Å². The summed E-state index contributed by atoms with van der Waals surface area (Å²) in [4.78, 5) is 41.7.